The zero-order valence-electron chi connectivity index (χ0n) is 20.3. The molecule has 2 N–H and O–H groups in total. The highest BCUT2D eigenvalue weighted by atomic mass is 16.4. The van der Waals surface area contributed by atoms with Gasteiger partial charge in [0.1, 0.15) is 5.54 Å². The molecule has 1 heterocycles. The predicted molar refractivity (Wildman–Crippen MR) is 138 cm³/mol. The molecule has 0 saturated heterocycles. The van der Waals surface area contributed by atoms with Crippen molar-refractivity contribution in [2.75, 3.05) is 23.3 Å². The first-order chi connectivity index (χ1) is 17.0. The van der Waals surface area contributed by atoms with Crippen molar-refractivity contribution in [1.29, 1.82) is 0 Å². The van der Waals surface area contributed by atoms with Crippen molar-refractivity contribution in [2.24, 2.45) is 0 Å². The second-order valence-corrected chi connectivity index (χ2v) is 8.88. The lowest BCUT2D eigenvalue weighted by atomic mass is 9.76. The summed E-state index contributed by atoms with van der Waals surface area (Å²) in [5.74, 6) is -0.311. The first kappa shape index (κ1) is 24.3. The Labute approximate surface area is 206 Å². The Morgan fingerprint density at radius 2 is 1.71 bits per heavy atom. The highest BCUT2D eigenvalue weighted by Gasteiger charge is 2.48. The number of aryl methyl sites for hydroxylation is 1. The van der Waals surface area contributed by atoms with E-state index in [-0.39, 0.29) is 12.5 Å². The molecule has 1 aliphatic carbocycles. The summed E-state index contributed by atoms with van der Waals surface area (Å²) in [5.41, 5.74) is 3.39. The van der Waals surface area contributed by atoms with E-state index >= 15 is 0 Å². The Balaban J connectivity index is 1.67. The first-order valence-electron chi connectivity index (χ1n) is 12.1. The number of carbonyl (C=O) groups excluding carboxylic acids is 1. The molecule has 1 aromatic heterocycles. The predicted octanol–water partition coefficient (Wildman–Crippen LogP) is 4.97. The van der Waals surface area contributed by atoms with E-state index in [1.165, 1.54) is 4.90 Å². The number of hydrogen-bond acceptors (Lipinski definition) is 4. The molecule has 0 fully saturated rings. The van der Waals surface area contributed by atoms with E-state index in [4.69, 9.17) is 0 Å². The summed E-state index contributed by atoms with van der Waals surface area (Å²) in [6.07, 6.45) is 3.51. The van der Waals surface area contributed by atoms with Crippen LogP contribution in [0, 0.1) is 0 Å². The van der Waals surface area contributed by atoms with Gasteiger partial charge in [0.15, 0.2) is 0 Å². The molecule has 182 valence electrons. The molecule has 4 rings (SSSR count). The van der Waals surface area contributed by atoms with Crippen LogP contribution in [0.1, 0.15) is 37.0 Å². The van der Waals surface area contributed by atoms with Gasteiger partial charge in [0, 0.05) is 43.3 Å². The van der Waals surface area contributed by atoms with Gasteiger partial charge in [-0.25, -0.2) is 4.79 Å². The summed E-state index contributed by atoms with van der Waals surface area (Å²) < 4.78 is 0. The van der Waals surface area contributed by atoms with Crippen molar-refractivity contribution in [3.05, 3.63) is 89.7 Å². The van der Waals surface area contributed by atoms with E-state index in [2.05, 4.69) is 35.1 Å². The van der Waals surface area contributed by atoms with Crippen molar-refractivity contribution < 1.29 is 14.7 Å². The average molecular weight is 473 g/mol. The van der Waals surface area contributed by atoms with E-state index in [1.807, 2.05) is 48.5 Å². The molecular weight excluding hydrogens is 440 g/mol. The molecule has 2 aromatic carbocycles. The molecule has 0 aliphatic heterocycles. The van der Waals surface area contributed by atoms with Crippen molar-refractivity contribution in [3.8, 4) is 0 Å². The molecule has 1 unspecified atom stereocenters. The molecule has 0 spiro atoms. The van der Waals surface area contributed by atoms with Crippen LogP contribution in [0.2, 0.25) is 0 Å². The highest BCUT2D eigenvalue weighted by molar-refractivity contribution is 6.00. The molecule has 1 atom stereocenters. The van der Waals surface area contributed by atoms with Crippen LogP contribution in [0.3, 0.4) is 0 Å². The average Bonchev–Trinajstić information content (AvgIpc) is 2.89. The van der Waals surface area contributed by atoms with Crippen LogP contribution in [0.4, 0.5) is 16.2 Å². The Morgan fingerprint density at radius 1 is 1.00 bits per heavy atom. The minimum atomic E-state index is -1.24. The van der Waals surface area contributed by atoms with Gasteiger partial charge >= 0.3 is 6.09 Å². The lowest BCUT2D eigenvalue weighted by Gasteiger charge is -2.44. The minimum absolute atomic E-state index is 0.0830. The number of nitrogens with one attached hydrogen (secondary N) is 1. The molecule has 7 nitrogen and oxygen atoms in total. The fourth-order valence-corrected chi connectivity index (χ4v) is 4.93. The Hall–Kier alpha value is -3.87. The summed E-state index contributed by atoms with van der Waals surface area (Å²) >= 11 is 0. The van der Waals surface area contributed by atoms with Crippen LogP contribution in [0.25, 0.3) is 0 Å². The normalized spacial score (nSPS) is 16.7. The van der Waals surface area contributed by atoms with Gasteiger partial charge in [-0.2, -0.15) is 0 Å². The second kappa shape index (κ2) is 10.6. The Bertz CT molecular complexity index is 1160. The van der Waals surface area contributed by atoms with Crippen LogP contribution in [-0.2, 0) is 24.2 Å². The van der Waals surface area contributed by atoms with Crippen molar-refractivity contribution in [2.45, 2.75) is 45.2 Å². The first-order valence-corrected chi connectivity index (χ1v) is 12.1. The lowest BCUT2D eigenvalue weighted by Crippen LogP contribution is -2.61. The third kappa shape index (κ3) is 5.14. The number of aromatic nitrogens is 1. The van der Waals surface area contributed by atoms with Gasteiger partial charge < -0.3 is 15.3 Å². The summed E-state index contributed by atoms with van der Waals surface area (Å²) in [7, 11) is 0. The molecule has 0 bridgehead atoms. The number of fused-ring (bicyclic) bond motifs is 1. The van der Waals surface area contributed by atoms with E-state index in [0.717, 1.165) is 35.5 Å². The number of pyridine rings is 1. The van der Waals surface area contributed by atoms with Crippen LogP contribution in [0.15, 0.2) is 73.1 Å². The zero-order valence-corrected chi connectivity index (χ0v) is 20.3. The van der Waals surface area contributed by atoms with E-state index < -0.39 is 11.6 Å². The smallest absolute Gasteiger partial charge is 0.408 e. The minimum Gasteiger partial charge on any atom is -0.465 e. The number of hydrogen-bond donors (Lipinski definition) is 2. The van der Waals surface area contributed by atoms with E-state index in [0.29, 0.717) is 24.9 Å². The number of rotatable bonds is 8. The second-order valence-electron chi connectivity index (χ2n) is 8.88. The SMILES string of the molecule is CCN(CC)c1ccc(NC(=O)C2(N(Cc3cccnc3)C(=O)O)CCc3ccccc3C2)cc1. The van der Waals surface area contributed by atoms with Crippen LogP contribution in [0.5, 0.6) is 0 Å². The molecule has 35 heavy (non-hydrogen) atoms. The third-order valence-corrected chi connectivity index (χ3v) is 6.90. The number of benzene rings is 2. The molecular formula is C28H32N4O3. The number of nitrogens with zero attached hydrogens (tertiary/aromatic N) is 3. The van der Waals surface area contributed by atoms with Gasteiger partial charge in [0.05, 0.1) is 6.54 Å². The van der Waals surface area contributed by atoms with Gasteiger partial charge in [-0.15, -0.1) is 0 Å². The third-order valence-electron chi connectivity index (χ3n) is 6.90. The number of carboxylic acid groups (broad SMARTS) is 1. The standard InChI is InChI=1S/C28H32N4O3/c1-3-31(4-2)25-13-11-24(12-14-25)30-26(33)28(16-15-22-9-5-6-10-23(22)18-28)32(27(34)35)20-21-8-7-17-29-19-21/h5-14,17,19H,3-4,15-16,18,20H2,1-2H3,(H,30,33)(H,34,35). The molecule has 2 amide bonds. The lowest BCUT2D eigenvalue weighted by molar-refractivity contribution is -0.128. The van der Waals surface area contributed by atoms with Crippen molar-refractivity contribution >= 4 is 23.4 Å². The molecule has 3 aromatic rings. The summed E-state index contributed by atoms with van der Waals surface area (Å²) in [4.78, 5) is 34.2. The number of amides is 2. The molecule has 0 saturated carbocycles. The van der Waals surface area contributed by atoms with Crippen molar-refractivity contribution in [3.63, 3.8) is 0 Å². The quantitative estimate of drug-likeness (QED) is 0.483. The summed E-state index contributed by atoms with van der Waals surface area (Å²) in [6, 6.07) is 19.3. The van der Waals surface area contributed by atoms with Crippen LogP contribution < -0.4 is 10.2 Å². The Kier molecular flexibility index (Phi) is 7.34. The van der Waals surface area contributed by atoms with Crippen LogP contribution in [-0.4, -0.2) is 45.6 Å². The largest absolute Gasteiger partial charge is 0.465 e. The number of anilines is 2. The maximum absolute atomic E-state index is 13.9. The van der Waals surface area contributed by atoms with Gasteiger partial charge in [-0.1, -0.05) is 30.3 Å². The highest BCUT2D eigenvalue weighted by Crippen LogP contribution is 2.36. The van der Waals surface area contributed by atoms with Gasteiger partial charge in [0.25, 0.3) is 5.91 Å². The van der Waals surface area contributed by atoms with E-state index in [1.54, 1.807) is 18.5 Å². The Morgan fingerprint density at radius 3 is 2.34 bits per heavy atom. The van der Waals surface area contributed by atoms with E-state index in [9.17, 15) is 14.7 Å². The van der Waals surface area contributed by atoms with Gasteiger partial charge in [-0.05, 0) is 73.7 Å². The van der Waals surface area contributed by atoms with Gasteiger partial charge in [0.2, 0.25) is 0 Å². The zero-order chi connectivity index (χ0) is 24.8. The maximum Gasteiger partial charge on any atom is 0.408 e. The van der Waals surface area contributed by atoms with Crippen LogP contribution >= 0.6 is 0 Å². The van der Waals surface area contributed by atoms with Gasteiger partial charge in [-0.3, -0.25) is 14.7 Å². The topological polar surface area (TPSA) is 85.8 Å². The molecule has 0 radical (unpaired) electrons. The monoisotopic (exact) mass is 472 g/mol. The molecule has 7 heteroatoms. The number of carbonyl (C=O) groups is 2. The molecule has 1 aliphatic rings. The summed E-state index contributed by atoms with van der Waals surface area (Å²) in [5, 5.41) is 13.3. The fourth-order valence-electron chi connectivity index (χ4n) is 4.93. The van der Waals surface area contributed by atoms with Crippen molar-refractivity contribution in [1.82, 2.24) is 9.88 Å². The summed E-state index contributed by atoms with van der Waals surface area (Å²) in [6.45, 7) is 6.08. The fraction of sp³-hybridized carbons (Fsp3) is 0.321. The maximum atomic E-state index is 13.9.